The van der Waals surface area contributed by atoms with E-state index in [1.54, 1.807) is 66.7 Å². The number of nitrogens with one attached hydrogen (secondary N) is 2. The molecule has 0 amide bonds. The Morgan fingerprint density at radius 3 is 1.45 bits per heavy atom. The molecule has 4 aromatic rings. The predicted molar refractivity (Wildman–Crippen MR) is 171 cm³/mol. The van der Waals surface area contributed by atoms with Crippen molar-refractivity contribution in [1.82, 2.24) is 4.90 Å². The summed E-state index contributed by atoms with van der Waals surface area (Å²) in [5, 5.41) is 6.50. The van der Waals surface area contributed by atoms with Crippen LogP contribution in [0.15, 0.2) is 113 Å². The standard InChI is InChI=1S/C31H37N5O4S2/c1-34(2)21-20-32-28-22-29(33-24-25-14-8-5-9-15-25)31(42(39,40)36(4)27-18-12-7-13-19-27)23-30(28)41(37,38)35(3)26-16-10-6-11-17-26/h5-19,22-23,32-33H,20-21,24H2,1-4H3. The zero-order valence-corrected chi connectivity index (χ0v) is 25.9. The second-order valence-corrected chi connectivity index (χ2v) is 13.9. The molecule has 11 heteroatoms. The van der Waals surface area contributed by atoms with Crippen molar-refractivity contribution in [2.24, 2.45) is 0 Å². The molecule has 0 saturated heterocycles. The molecule has 0 bridgehead atoms. The highest BCUT2D eigenvalue weighted by atomic mass is 32.2. The topological polar surface area (TPSA) is 102 Å². The molecule has 0 saturated carbocycles. The van der Waals surface area contributed by atoms with E-state index in [1.807, 2.05) is 49.3 Å². The summed E-state index contributed by atoms with van der Waals surface area (Å²) in [4.78, 5) is 1.68. The van der Waals surface area contributed by atoms with Gasteiger partial charge in [-0.1, -0.05) is 66.7 Å². The fraction of sp³-hybridized carbons (Fsp3) is 0.226. The van der Waals surface area contributed by atoms with Crippen LogP contribution in [0.4, 0.5) is 22.7 Å². The van der Waals surface area contributed by atoms with Gasteiger partial charge in [-0.25, -0.2) is 16.8 Å². The molecule has 4 aromatic carbocycles. The zero-order chi connectivity index (χ0) is 30.3. The fourth-order valence-electron chi connectivity index (χ4n) is 4.32. The SMILES string of the molecule is CN(C)CCNc1cc(NCc2ccccc2)c(S(=O)(=O)N(C)c2ccccc2)cc1S(=O)(=O)N(C)c1ccccc1. The summed E-state index contributed by atoms with van der Waals surface area (Å²) in [6, 6.07) is 29.8. The van der Waals surface area contributed by atoms with Crippen LogP contribution in [0.5, 0.6) is 0 Å². The number of para-hydroxylation sites is 2. The molecule has 42 heavy (non-hydrogen) atoms. The highest BCUT2D eigenvalue weighted by Gasteiger charge is 2.32. The normalized spacial score (nSPS) is 11.7. The van der Waals surface area contributed by atoms with Crippen molar-refractivity contribution >= 4 is 42.8 Å². The second-order valence-electron chi connectivity index (χ2n) is 10.0. The minimum absolute atomic E-state index is 0.141. The molecule has 0 aliphatic rings. The molecule has 4 rings (SSSR count). The number of rotatable bonds is 13. The fourth-order valence-corrected chi connectivity index (χ4v) is 7.13. The van der Waals surface area contributed by atoms with Crippen LogP contribution in [0.1, 0.15) is 5.56 Å². The van der Waals surface area contributed by atoms with Crippen molar-refractivity contribution in [2.75, 3.05) is 60.5 Å². The minimum Gasteiger partial charge on any atom is -0.383 e. The summed E-state index contributed by atoms with van der Waals surface area (Å²) in [7, 11) is -1.62. The molecule has 0 atom stereocenters. The van der Waals surface area contributed by atoms with Crippen molar-refractivity contribution in [2.45, 2.75) is 16.3 Å². The summed E-state index contributed by atoms with van der Waals surface area (Å²) < 4.78 is 58.8. The molecule has 0 spiro atoms. The van der Waals surface area contributed by atoms with Crippen LogP contribution in [-0.4, -0.2) is 63.0 Å². The summed E-state index contributed by atoms with van der Waals surface area (Å²) in [6.45, 7) is 1.42. The Balaban J connectivity index is 1.89. The van der Waals surface area contributed by atoms with Crippen LogP contribution in [0.2, 0.25) is 0 Å². The van der Waals surface area contributed by atoms with E-state index in [2.05, 4.69) is 10.6 Å². The lowest BCUT2D eigenvalue weighted by molar-refractivity contribution is 0.425. The van der Waals surface area contributed by atoms with Crippen LogP contribution in [-0.2, 0) is 26.6 Å². The number of hydrogen-bond acceptors (Lipinski definition) is 7. The van der Waals surface area contributed by atoms with E-state index in [9.17, 15) is 16.8 Å². The summed E-state index contributed by atoms with van der Waals surface area (Å²) in [5.41, 5.74) is 2.44. The van der Waals surface area contributed by atoms with E-state index in [0.717, 1.165) is 14.2 Å². The van der Waals surface area contributed by atoms with Gasteiger partial charge in [0.25, 0.3) is 20.0 Å². The molecule has 0 aliphatic heterocycles. The van der Waals surface area contributed by atoms with Gasteiger partial charge in [-0.05, 0) is 56.1 Å². The smallest absolute Gasteiger partial charge is 0.266 e. The number of nitrogens with zero attached hydrogens (tertiary/aromatic N) is 3. The quantitative estimate of drug-likeness (QED) is 0.222. The maximum absolute atomic E-state index is 14.1. The van der Waals surface area contributed by atoms with E-state index in [4.69, 9.17) is 0 Å². The lowest BCUT2D eigenvalue weighted by Gasteiger charge is -2.26. The van der Waals surface area contributed by atoms with Crippen molar-refractivity contribution < 1.29 is 16.8 Å². The molecule has 0 aromatic heterocycles. The Morgan fingerprint density at radius 2 is 1.00 bits per heavy atom. The van der Waals surface area contributed by atoms with Gasteiger partial charge in [0.15, 0.2) is 0 Å². The first kappa shape index (κ1) is 30.9. The summed E-state index contributed by atoms with van der Waals surface area (Å²) in [5.74, 6) is 0. The average Bonchev–Trinajstić information content (AvgIpc) is 3.00. The zero-order valence-electron chi connectivity index (χ0n) is 24.2. The molecule has 0 radical (unpaired) electrons. The summed E-state index contributed by atoms with van der Waals surface area (Å²) >= 11 is 0. The van der Waals surface area contributed by atoms with Crippen molar-refractivity contribution in [3.63, 3.8) is 0 Å². The van der Waals surface area contributed by atoms with Crippen LogP contribution in [0.3, 0.4) is 0 Å². The first-order chi connectivity index (χ1) is 20.0. The average molecular weight is 608 g/mol. The summed E-state index contributed by atoms with van der Waals surface area (Å²) in [6.07, 6.45) is 0. The van der Waals surface area contributed by atoms with Crippen molar-refractivity contribution in [3.8, 4) is 0 Å². The lowest BCUT2D eigenvalue weighted by Crippen LogP contribution is -2.30. The van der Waals surface area contributed by atoms with Gasteiger partial charge in [-0.3, -0.25) is 8.61 Å². The molecule has 0 aliphatic carbocycles. The van der Waals surface area contributed by atoms with Crippen LogP contribution >= 0.6 is 0 Å². The number of likely N-dealkylation sites (N-methyl/N-ethyl adjacent to an activating group) is 1. The molecule has 0 fully saturated rings. The molecular formula is C31H37N5O4S2. The second kappa shape index (κ2) is 13.3. The van der Waals surface area contributed by atoms with E-state index in [0.29, 0.717) is 36.7 Å². The van der Waals surface area contributed by atoms with Gasteiger partial charge in [-0.2, -0.15) is 0 Å². The van der Waals surface area contributed by atoms with Gasteiger partial charge in [0.2, 0.25) is 0 Å². The Labute approximate surface area is 249 Å². The third-order valence-electron chi connectivity index (χ3n) is 6.80. The van der Waals surface area contributed by atoms with Gasteiger partial charge in [0.05, 0.1) is 22.7 Å². The molecule has 222 valence electrons. The number of sulfonamides is 2. The Morgan fingerprint density at radius 1 is 0.571 bits per heavy atom. The molecule has 0 heterocycles. The van der Waals surface area contributed by atoms with Crippen molar-refractivity contribution in [3.05, 3.63) is 109 Å². The first-order valence-corrected chi connectivity index (χ1v) is 16.3. The Hall–Kier alpha value is -4.06. The molecule has 9 nitrogen and oxygen atoms in total. The highest BCUT2D eigenvalue weighted by Crippen LogP contribution is 2.37. The van der Waals surface area contributed by atoms with Gasteiger partial charge in [0.1, 0.15) is 9.79 Å². The van der Waals surface area contributed by atoms with Crippen LogP contribution in [0, 0.1) is 0 Å². The molecule has 0 unspecified atom stereocenters. The predicted octanol–water partition coefficient (Wildman–Crippen LogP) is 4.92. The number of hydrogen-bond donors (Lipinski definition) is 2. The Bertz CT molecular complexity index is 1680. The monoisotopic (exact) mass is 607 g/mol. The largest absolute Gasteiger partial charge is 0.383 e. The van der Waals surface area contributed by atoms with E-state index in [-0.39, 0.29) is 15.5 Å². The van der Waals surface area contributed by atoms with Gasteiger partial charge >= 0.3 is 0 Å². The van der Waals surface area contributed by atoms with E-state index in [1.165, 1.54) is 20.2 Å². The van der Waals surface area contributed by atoms with Crippen molar-refractivity contribution in [1.29, 1.82) is 0 Å². The third kappa shape index (κ3) is 7.04. The van der Waals surface area contributed by atoms with Gasteiger partial charge in [0, 0.05) is 33.7 Å². The maximum Gasteiger partial charge on any atom is 0.266 e. The third-order valence-corrected chi connectivity index (χ3v) is 10.4. The Kier molecular flexibility index (Phi) is 9.77. The minimum atomic E-state index is -4.20. The number of anilines is 4. The highest BCUT2D eigenvalue weighted by molar-refractivity contribution is 7.93. The van der Waals surface area contributed by atoms with Gasteiger partial charge in [-0.15, -0.1) is 0 Å². The van der Waals surface area contributed by atoms with Crippen LogP contribution in [0.25, 0.3) is 0 Å². The molecular weight excluding hydrogens is 571 g/mol. The lowest BCUT2D eigenvalue weighted by atomic mass is 10.2. The molecule has 2 N–H and O–H groups in total. The first-order valence-electron chi connectivity index (χ1n) is 13.4. The van der Waals surface area contributed by atoms with Gasteiger partial charge < -0.3 is 15.5 Å². The van der Waals surface area contributed by atoms with Crippen LogP contribution < -0.4 is 19.2 Å². The number of benzene rings is 4. The maximum atomic E-state index is 14.1. The van der Waals surface area contributed by atoms with E-state index >= 15 is 0 Å². The van der Waals surface area contributed by atoms with E-state index < -0.39 is 20.0 Å².